The van der Waals surface area contributed by atoms with E-state index in [1.165, 1.54) is 6.07 Å². The highest BCUT2D eigenvalue weighted by Gasteiger charge is 2.51. The van der Waals surface area contributed by atoms with Gasteiger partial charge in [0.1, 0.15) is 0 Å². The smallest absolute Gasteiger partial charge is 0.317 e. The third-order valence-corrected chi connectivity index (χ3v) is 4.77. The lowest BCUT2D eigenvalue weighted by Crippen LogP contribution is -2.55. The van der Waals surface area contributed by atoms with Gasteiger partial charge in [-0.05, 0) is 36.8 Å². The highest BCUT2D eigenvalue weighted by molar-refractivity contribution is 5.75. The van der Waals surface area contributed by atoms with E-state index in [1.54, 1.807) is 4.90 Å². The fourth-order valence-electron chi connectivity index (χ4n) is 3.22. The van der Waals surface area contributed by atoms with Crippen LogP contribution < -0.4 is 11.1 Å². The summed E-state index contributed by atoms with van der Waals surface area (Å²) in [5.41, 5.74) is 5.95. The third-order valence-electron chi connectivity index (χ3n) is 4.77. The maximum Gasteiger partial charge on any atom is 0.317 e. The van der Waals surface area contributed by atoms with Crippen LogP contribution in [0, 0.1) is 23.4 Å². The van der Waals surface area contributed by atoms with E-state index in [1.807, 2.05) is 0 Å². The number of nitrogens with one attached hydrogen (secondary N) is 1. The Morgan fingerprint density at radius 3 is 2.73 bits per heavy atom. The van der Waals surface area contributed by atoms with Gasteiger partial charge in [-0.25, -0.2) is 18.0 Å². The lowest BCUT2D eigenvalue weighted by molar-refractivity contribution is 0.187. The van der Waals surface area contributed by atoms with Crippen molar-refractivity contribution < 1.29 is 18.0 Å². The second-order valence-corrected chi connectivity index (χ2v) is 6.17. The molecule has 2 atom stereocenters. The van der Waals surface area contributed by atoms with Gasteiger partial charge < -0.3 is 16.0 Å². The number of benzene rings is 1. The van der Waals surface area contributed by atoms with E-state index in [2.05, 4.69) is 5.32 Å². The quantitative estimate of drug-likeness (QED) is 0.836. The minimum absolute atomic E-state index is 0.0380. The summed E-state index contributed by atoms with van der Waals surface area (Å²) in [5, 5.41) is 2.67. The van der Waals surface area contributed by atoms with E-state index in [0.717, 1.165) is 18.9 Å². The Kier molecular flexibility index (Phi) is 3.76. The molecule has 0 bridgehead atoms. The molecule has 1 aliphatic heterocycles. The van der Waals surface area contributed by atoms with Crippen LogP contribution in [0.15, 0.2) is 12.1 Å². The number of carbonyl (C=O) groups is 1. The van der Waals surface area contributed by atoms with Crippen molar-refractivity contribution in [3.63, 3.8) is 0 Å². The number of fused-ring (bicyclic) bond motifs is 1. The molecule has 1 heterocycles. The molecule has 1 aliphatic carbocycles. The average Bonchev–Trinajstić information content (AvgIpc) is 2.71. The number of urea groups is 1. The summed E-state index contributed by atoms with van der Waals surface area (Å²) in [6.45, 7) is 1.32. The van der Waals surface area contributed by atoms with Gasteiger partial charge in [-0.1, -0.05) is 6.07 Å². The number of rotatable bonds is 3. The Balaban J connectivity index is 1.51. The van der Waals surface area contributed by atoms with Gasteiger partial charge in [0, 0.05) is 25.2 Å². The Hall–Kier alpha value is -1.76. The van der Waals surface area contributed by atoms with Crippen LogP contribution in [0.1, 0.15) is 18.4 Å². The molecule has 0 spiro atoms. The van der Waals surface area contributed by atoms with Gasteiger partial charge in [0.15, 0.2) is 17.5 Å². The van der Waals surface area contributed by atoms with Crippen LogP contribution in [-0.4, -0.2) is 36.1 Å². The van der Waals surface area contributed by atoms with Crippen LogP contribution in [0.3, 0.4) is 0 Å². The zero-order valence-corrected chi connectivity index (χ0v) is 12.0. The average molecular weight is 313 g/mol. The second-order valence-electron chi connectivity index (χ2n) is 6.17. The summed E-state index contributed by atoms with van der Waals surface area (Å²) in [7, 11) is 0. The first kappa shape index (κ1) is 15.1. The number of hydrogen-bond donors (Lipinski definition) is 2. The first-order chi connectivity index (χ1) is 10.4. The topological polar surface area (TPSA) is 58.4 Å². The Morgan fingerprint density at radius 2 is 2.14 bits per heavy atom. The molecule has 0 unspecified atom stereocenters. The summed E-state index contributed by atoms with van der Waals surface area (Å²) >= 11 is 0. The number of hydrogen-bond acceptors (Lipinski definition) is 2. The molecule has 0 radical (unpaired) electrons. The molecular formula is C15H18F3N3O. The molecule has 0 aromatic heterocycles. The molecular weight excluding hydrogens is 295 g/mol. The molecule has 3 N–H and O–H groups in total. The monoisotopic (exact) mass is 313 g/mol. The lowest BCUT2D eigenvalue weighted by Gasteiger charge is -2.39. The number of nitrogens with zero attached hydrogens (tertiary/aromatic N) is 1. The van der Waals surface area contributed by atoms with Gasteiger partial charge >= 0.3 is 6.03 Å². The van der Waals surface area contributed by atoms with Crippen LogP contribution in [0.2, 0.25) is 0 Å². The second kappa shape index (κ2) is 5.46. The highest BCUT2D eigenvalue weighted by Crippen LogP contribution is 2.42. The number of carbonyl (C=O) groups excluding carboxylic acids is 1. The van der Waals surface area contributed by atoms with Crippen LogP contribution in [0.25, 0.3) is 0 Å². The zero-order valence-electron chi connectivity index (χ0n) is 12.0. The highest BCUT2D eigenvalue weighted by atomic mass is 19.2. The van der Waals surface area contributed by atoms with Crippen molar-refractivity contribution >= 4 is 6.03 Å². The molecule has 3 rings (SSSR count). The lowest BCUT2D eigenvalue weighted by atomic mass is 9.70. The third kappa shape index (κ3) is 2.54. The molecule has 4 nitrogen and oxygen atoms in total. The van der Waals surface area contributed by atoms with Gasteiger partial charge in [-0.15, -0.1) is 0 Å². The van der Waals surface area contributed by atoms with Crippen LogP contribution >= 0.6 is 0 Å². The molecule has 22 heavy (non-hydrogen) atoms. The fraction of sp³-hybridized carbons (Fsp3) is 0.533. The first-order valence-electron chi connectivity index (χ1n) is 7.35. The Morgan fingerprint density at radius 1 is 1.36 bits per heavy atom. The standard InChI is InChI=1S/C15H18F3N3O/c16-11-2-1-9(12(17)13(11)18)4-6-20-14(22)21-7-10-3-5-15(10,19)8-21/h1-2,10H,3-8,19H2,(H,20,22)/t10-,15-/m0/s1. The van der Waals surface area contributed by atoms with Gasteiger partial charge in [-0.2, -0.15) is 0 Å². The van der Waals surface area contributed by atoms with Gasteiger partial charge in [0.25, 0.3) is 0 Å². The SMILES string of the molecule is N[C@]12CC[C@H]1CN(C(=O)NCCc1ccc(F)c(F)c1F)C2. The summed E-state index contributed by atoms with van der Waals surface area (Å²) in [6.07, 6.45) is 2.07. The number of halogens is 3. The van der Waals surface area contributed by atoms with Crippen LogP contribution in [-0.2, 0) is 6.42 Å². The largest absolute Gasteiger partial charge is 0.338 e. The molecule has 2 amide bonds. The molecule has 1 saturated carbocycles. The molecule has 1 aromatic carbocycles. The summed E-state index contributed by atoms with van der Waals surface area (Å²) in [4.78, 5) is 13.7. The number of nitrogens with two attached hydrogens (primary N) is 1. The predicted octanol–water partition coefficient (Wildman–Crippen LogP) is 1.78. The van der Waals surface area contributed by atoms with Gasteiger partial charge in [0.05, 0.1) is 0 Å². The van der Waals surface area contributed by atoms with Crippen molar-refractivity contribution in [2.45, 2.75) is 24.8 Å². The van der Waals surface area contributed by atoms with E-state index in [-0.39, 0.29) is 30.1 Å². The zero-order chi connectivity index (χ0) is 15.9. The molecule has 1 aromatic rings. The molecule has 7 heteroatoms. The predicted molar refractivity (Wildman–Crippen MR) is 74.6 cm³/mol. The normalized spacial score (nSPS) is 26.5. The van der Waals surface area contributed by atoms with Gasteiger partial charge in [0.2, 0.25) is 0 Å². The van der Waals surface area contributed by atoms with E-state index in [0.29, 0.717) is 19.0 Å². The fourth-order valence-corrected chi connectivity index (χ4v) is 3.22. The summed E-state index contributed by atoms with van der Waals surface area (Å²) < 4.78 is 39.4. The van der Waals surface area contributed by atoms with Crippen molar-refractivity contribution in [3.8, 4) is 0 Å². The maximum absolute atomic E-state index is 13.5. The number of likely N-dealkylation sites (tertiary alicyclic amines) is 1. The maximum atomic E-state index is 13.5. The van der Waals surface area contributed by atoms with Crippen molar-refractivity contribution in [1.82, 2.24) is 10.2 Å². The molecule has 120 valence electrons. The van der Waals surface area contributed by atoms with Crippen LogP contribution in [0.4, 0.5) is 18.0 Å². The molecule has 1 saturated heterocycles. The van der Waals surface area contributed by atoms with E-state index >= 15 is 0 Å². The van der Waals surface area contributed by atoms with E-state index < -0.39 is 17.5 Å². The molecule has 2 fully saturated rings. The summed E-state index contributed by atoms with van der Waals surface area (Å²) in [5.74, 6) is -3.53. The first-order valence-corrected chi connectivity index (χ1v) is 7.35. The summed E-state index contributed by atoms with van der Waals surface area (Å²) in [6, 6.07) is 1.82. The Labute approximate surface area is 126 Å². The van der Waals surface area contributed by atoms with Gasteiger partial charge in [-0.3, -0.25) is 0 Å². The van der Waals surface area contributed by atoms with Crippen molar-refractivity contribution in [2.75, 3.05) is 19.6 Å². The van der Waals surface area contributed by atoms with Crippen LogP contribution in [0.5, 0.6) is 0 Å². The number of amides is 2. The van der Waals surface area contributed by atoms with Crippen molar-refractivity contribution in [2.24, 2.45) is 11.7 Å². The minimum Gasteiger partial charge on any atom is -0.338 e. The van der Waals surface area contributed by atoms with E-state index in [9.17, 15) is 18.0 Å². The Bertz CT molecular complexity index is 610. The van der Waals surface area contributed by atoms with Crippen molar-refractivity contribution in [3.05, 3.63) is 35.1 Å². The van der Waals surface area contributed by atoms with Crippen molar-refractivity contribution in [1.29, 1.82) is 0 Å². The van der Waals surface area contributed by atoms with E-state index in [4.69, 9.17) is 5.73 Å². The minimum atomic E-state index is -1.48. The molecule has 2 aliphatic rings.